The third-order valence-electron chi connectivity index (χ3n) is 3.41. The number of likely N-dealkylation sites (tertiary alicyclic amines) is 1. The van der Waals surface area contributed by atoms with E-state index in [1.807, 2.05) is 0 Å². The smallest absolute Gasteiger partial charge is 0.407 e. The van der Waals surface area contributed by atoms with Gasteiger partial charge in [-0.15, -0.1) is 0 Å². The SMILES string of the molecule is O=C(O)N1CCC(c2ccc(F)cc2)C(OC(F)F)C1. The van der Waals surface area contributed by atoms with E-state index in [0.29, 0.717) is 12.0 Å². The molecule has 0 radical (unpaired) electrons. The molecule has 1 saturated heterocycles. The molecule has 1 N–H and O–H groups in total. The molecule has 1 heterocycles. The van der Waals surface area contributed by atoms with Gasteiger partial charge in [0.05, 0.1) is 12.6 Å². The molecule has 1 fully saturated rings. The van der Waals surface area contributed by atoms with Crippen LogP contribution in [0, 0.1) is 5.82 Å². The number of ether oxygens (including phenoxy) is 1. The van der Waals surface area contributed by atoms with Crippen LogP contribution in [0.1, 0.15) is 17.9 Å². The van der Waals surface area contributed by atoms with Gasteiger partial charge in [0.15, 0.2) is 0 Å². The standard InChI is InChI=1S/C13H14F3NO3/c14-9-3-1-8(2-4-9)10-5-6-17(13(18)19)7-11(10)20-12(15)16/h1-4,10-12H,5-7H2,(H,18,19). The zero-order chi connectivity index (χ0) is 14.7. The van der Waals surface area contributed by atoms with E-state index in [1.165, 1.54) is 24.3 Å². The maximum Gasteiger partial charge on any atom is 0.407 e. The lowest BCUT2D eigenvalue weighted by Crippen LogP contribution is -2.46. The molecule has 0 aromatic heterocycles. The molecule has 4 nitrogen and oxygen atoms in total. The molecule has 1 amide bonds. The molecule has 1 aliphatic rings. The van der Waals surface area contributed by atoms with Gasteiger partial charge in [0, 0.05) is 12.5 Å². The van der Waals surface area contributed by atoms with Gasteiger partial charge in [-0.25, -0.2) is 9.18 Å². The van der Waals surface area contributed by atoms with Crippen molar-refractivity contribution in [1.82, 2.24) is 4.90 Å². The molecular weight excluding hydrogens is 275 g/mol. The van der Waals surface area contributed by atoms with Gasteiger partial charge in [-0.2, -0.15) is 8.78 Å². The first-order valence-corrected chi connectivity index (χ1v) is 6.14. The molecule has 0 spiro atoms. The van der Waals surface area contributed by atoms with E-state index in [2.05, 4.69) is 4.74 Å². The van der Waals surface area contributed by atoms with Crippen molar-refractivity contribution in [2.45, 2.75) is 25.1 Å². The molecule has 1 aliphatic heterocycles. The number of carbonyl (C=O) groups is 1. The summed E-state index contributed by atoms with van der Waals surface area (Å²) in [5.74, 6) is -0.789. The second-order valence-corrected chi connectivity index (χ2v) is 4.61. The van der Waals surface area contributed by atoms with Crippen LogP contribution < -0.4 is 0 Å². The fourth-order valence-corrected chi connectivity index (χ4v) is 2.45. The van der Waals surface area contributed by atoms with E-state index in [4.69, 9.17) is 5.11 Å². The molecule has 1 aromatic rings. The zero-order valence-electron chi connectivity index (χ0n) is 10.5. The maximum absolute atomic E-state index is 12.9. The average Bonchev–Trinajstić information content (AvgIpc) is 2.39. The van der Waals surface area contributed by atoms with Crippen molar-refractivity contribution in [2.24, 2.45) is 0 Å². The molecule has 110 valence electrons. The van der Waals surface area contributed by atoms with Crippen molar-refractivity contribution in [3.05, 3.63) is 35.6 Å². The van der Waals surface area contributed by atoms with Gasteiger partial charge in [-0.3, -0.25) is 0 Å². The number of rotatable bonds is 3. The Labute approximate surface area is 113 Å². The van der Waals surface area contributed by atoms with Crippen molar-refractivity contribution >= 4 is 6.09 Å². The second kappa shape index (κ2) is 6.13. The van der Waals surface area contributed by atoms with E-state index in [0.717, 1.165) is 4.90 Å². The summed E-state index contributed by atoms with van der Waals surface area (Å²) in [5, 5.41) is 8.92. The molecule has 2 rings (SSSR count). The Morgan fingerprint density at radius 2 is 2.00 bits per heavy atom. The molecule has 2 unspecified atom stereocenters. The number of piperidine rings is 1. The molecular formula is C13H14F3NO3. The lowest BCUT2D eigenvalue weighted by Gasteiger charge is -2.37. The van der Waals surface area contributed by atoms with Crippen LogP contribution in [-0.2, 0) is 4.74 Å². The van der Waals surface area contributed by atoms with E-state index in [1.54, 1.807) is 0 Å². The van der Waals surface area contributed by atoms with Crippen molar-refractivity contribution in [2.75, 3.05) is 13.1 Å². The third-order valence-corrected chi connectivity index (χ3v) is 3.41. The van der Waals surface area contributed by atoms with Crippen molar-refractivity contribution < 1.29 is 27.8 Å². The van der Waals surface area contributed by atoms with Gasteiger partial charge < -0.3 is 14.7 Å². The highest BCUT2D eigenvalue weighted by Crippen LogP contribution is 2.31. The summed E-state index contributed by atoms with van der Waals surface area (Å²) in [6.07, 6.45) is -1.74. The van der Waals surface area contributed by atoms with Crippen LogP contribution in [0.4, 0.5) is 18.0 Å². The fraction of sp³-hybridized carbons (Fsp3) is 0.462. The van der Waals surface area contributed by atoms with Crippen LogP contribution in [0.25, 0.3) is 0 Å². The highest BCUT2D eigenvalue weighted by molar-refractivity contribution is 5.65. The van der Waals surface area contributed by atoms with E-state index < -0.39 is 24.6 Å². The fourth-order valence-electron chi connectivity index (χ4n) is 2.45. The molecule has 0 saturated carbocycles. The lowest BCUT2D eigenvalue weighted by atomic mass is 9.87. The van der Waals surface area contributed by atoms with Crippen LogP contribution >= 0.6 is 0 Å². The average molecular weight is 289 g/mol. The largest absolute Gasteiger partial charge is 0.465 e. The summed E-state index contributed by atoms with van der Waals surface area (Å²) in [6.45, 7) is -2.86. The van der Waals surface area contributed by atoms with Crippen LogP contribution in [0.3, 0.4) is 0 Å². The number of halogens is 3. The molecule has 20 heavy (non-hydrogen) atoms. The van der Waals surface area contributed by atoms with Crippen molar-refractivity contribution in [3.8, 4) is 0 Å². The minimum Gasteiger partial charge on any atom is -0.465 e. The molecule has 0 bridgehead atoms. The third kappa shape index (κ3) is 3.41. The van der Waals surface area contributed by atoms with Crippen LogP contribution in [0.2, 0.25) is 0 Å². The quantitative estimate of drug-likeness (QED) is 0.930. The summed E-state index contributed by atoms with van der Waals surface area (Å²) in [4.78, 5) is 12.0. The number of hydrogen-bond acceptors (Lipinski definition) is 2. The van der Waals surface area contributed by atoms with E-state index in [9.17, 15) is 18.0 Å². The minimum atomic E-state index is -2.98. The first-order valence-electron chi connectivity index (χ1n) is 6.14. The second-order valence-electron chi connectivity index (χ2n) is 4.61. The first kappa shape index (κ1) is 14.6. The Morgan fingerprint density at radius 3 is 2.55 bits per heavy atom. The van der Waals surface area contributed by atoms with Gasteiger partial charge in [0.25, 0.3) is 0 Å². The number of nitrogens with zero attached hydrogens (tertiary/aromatic N) is 1. The van der Waals surface area contributed by atoms with Crippen LogP contribution in [0.15, 0.2) is 24.3 Å². The Morgan fingerprint density at radius 1 is 1.35 bits per heavy atom. The van der Waals surface area contributed by atoms with Crippen molar-refractivity contribution in [1.29, 1.82) is 0 Å². The van der Waals surface area contributed by atoms with Gasteiger partial charge in [0.2, 0.25) is 0 Å². The normalized spacial score (nSPS) is 23.1. The Balaban J connectivity index is 2.17. The number of alkyl halides is 2. The molecule has 0 aliphatic carbocycles. The Bertz CT molecular complexity index is 466. The number of amides is 1. The van der Waals surface area contributed by atoms with Gasteiger partial charge >= 0.3 is 12.7 Å². The number of benzene rings is 1. The van der Waals surface area contributed by atoms with Crippen LogP contribution in [0.5, 0.6) is 0 Å². The van der Waals surface area contributed by atoms with Gasteiger partial charge in [0.1, 0.15) is 5.82 Å². The van der Waals surface area contributed by atoms with Crippen molar-refractivity contribution in [3.63, 3.8) is 0 Å². The highest BCUT2D eigenvalue weighted by Gasteiger charge is 2.34. The highest BCUT2D eigenvalue weighted by atomic mass is 19.3. The Kier molecular flexibility index (Phi) is 4.49. The lowest BCUT2D eigenvalue weighted by molar-refractivity contribution is -0.178. The summed E-state index contributed by atoms with van der Waals surface area (Å²) >= 11 is 0. The van der Waals surface area contributed by atoms with E-state index in [-0.39, 0.29) is 19.0 Å². The summed E-state index contributed by atoms with van der Waals surface area (Å²) < 4.78 is 42.3. The molecule has 1 aromatic carbocycles. The van der Waals surface area contributed by atoms with Gasteiger partial charge in [-0.05, 0) is 24.1 Å². The summed E-state index contributed by atoms with van der Waals surface area (Å²) in [6, 6.07) is 5.52. The summed E-state index contributed by atoms with van der Waals surface area (Å²) in [7, 11) is 0. The predicted octanol–water partition coefficient (Wildman–Crippen LogP) is 2.90. The molecule has 2 atom stereocenters. The topological polar surface area (TPSA) is 49.8 Å². The minimum absolute atomic E-state index is 0.123. The Hall–Kier alpha value is -1.76. The first-order chi connectivity index (χ1) is 9.47. The van der Waals surface area contributed by atoms with E-state index >= 15 is 0 Å². The summed E-state index contributed by atoms with van der Waals surface area (Å²) in [5.41, 5.74) is 0.669. The van der Waals surface area contributed by atoms with Crippen LogP contribution in [-0.4, -0.2) is 41.9 Å². The zero-order valence-corrected chi connectivity index (χ0v) is 10.5. The number of hydrogen-bond donors (Lipinski definition) is 1. The number of carboxylic acid groups (broad SMARTS) is 1. The molecule has 7 heteroatoms. The maximum atomic E-state index is 12.9. The monoisotopic (exact) mass is 289 g/mol. The van der Waals surface area contributed by atoms with Gasteiger partial charge in [-0.1, -0.05) is 12.1 Å². The predicted molar refractivity (Wildman–Crippen MR) is 64.2 cm³/mol.